The van der Waals surface area contributed by atoms with Gasteiger partial charge in [0, 0.05) is 17.1 Å². The number of halogens is 1. The number of fused-ring (bicyclic) bond motifs is 1. The highest BCUT2D eigenvalue weighted by Gasteiger charge is 2.09. The van der Waals surface area contributed by atoms with E-state index >= 15 is 0 Å². The zero-order valence-electron chi connectivity index (χ0n) is 14.5. The summed E-state index contributed by atoms with van der Waals surface area (Å²) in [7, 11) is 0. The van der Waals surface area contributed by atoms with Crippen LogP contribution in [0.5, 0.6) is 11.5 Å². The van der Waals surface area contributed by atoms with Gasteiger partial charge in [0.15, 0.2) is 10.7 Å². The molecule has 136 valence electrons. The second kappa shape index (κ2) is 7.42. The van der Waals surface area contributed by atoms with Crippen LogP contribution in [-0.2, 0) is 6.54 Å². The number of nitrogens with one attached hydrogen (secondary N) is 1. The van der Waals surface area contributed by atoms with Crippen molar-refractivity contribution in [1.82, 2.24) is 9.38 Å². The van der Waals surface area contributed by atoms with Crippen molar-refractivity contribution in [1.29, 1.82) is 0 Å². The summed E-state index contributed by atoms with van der Waals surface area (Å²) in [6, 6.07) is 16.4. The van der Waals surface area contributed by atoms with E-state index in [4.69, 9.17) is 16.3 Å². The fraction of sp³-hybridized carbons (Fsp3) is 0.100. The number of hydrogen-bond acceptors (Lipinski definition) is 5. The van der Waals surface area contributed by atoms with Crippen molar-refractivity contribution < 1.29 is 4.74 Å². The molecule has 0 aliphatic carbocycles. The molecule has 27 heavy (non-hydrogen) atoms. The molecule has 2 heterocycles. The quantitative estimate of drug-likeness (QED) is 0.507. The van der Waals surface area contributed by atoms with Crippen molar-refractivity contribution in [2.45, 2.75) is 13.5 Å². The van der Waals surface area contributed by atoms with Crippen molar-refractivity contribution >= 4 is 33.6 Å². The van der Waals surface area contributed by atoms with Crippen LogP contribution in [0.4, 0.5) is 5.69 Å². The number of nitrogens with zero attached hydrogens (tertiary/aromatic N) is 2. The van der Waals surface area contributed by atoms with Gasteiger partial charge in [-0.05, 0) is 31.2 Å². The van der Waals surface area contributed by atoms with Gasteiger partial charge in [-0.1, -0.05) is 35.9 Å². The summed E-state index contributed by atoms with van der Waals surface area (Å²) in [5.74, 6) is 1.23. The Labute approximate surface area is 164 Å². The summed E-state index contributed by atoms with van der Waals surface area (Å²) in [6.07, 6.45) is 0. The second-order valence-electron chi connectivity index (χ2n) is 5.96. The van der Waals surface area contributed by atoms with Crippen molar-refractivity contribution in [3.05, 3.63) is 86.7 Å². The molecule has 0 saturated carbocycles. The van der Waals surface area contributed by atoms with E-state index < -0.39 is 0 Å². The first kappa shape index (κ1) is 17.6. The van der Waals surface area contributed by atoms with Crippen LogP contribution in [0.2, 0.25) is 5.02 Å². The summed E-state index contributed by atoms with van der Waals surface area (Å²) >= 11 is 7.64. The summed E-state index contributed by atoms with van der Waals surface area (Å²) < 4.78 is 7.56. The summed E-state index contributed by atoms with van der Waals surface area (Å²) in [5, 5.41) is 5.76. The molecule has 0 fully saturated rings. The number of thiazole rings is 1. The van der Waals surface area contributed by atoms with Gasteiger partial charge in [-0.25, -0.2) is 4.98 Å². The van der Waals surface area contributed by atoms with Crippen molar-refractivity contribution in [3.8, 4) is 11.5 Å². The van der Waals surface area contributed by atoms with Crippen molar-refractivity contribution in [3.63, 3.8) is 0 Å². The zero-order valence-corrected chi connectivity index (χ0v) is 16.1. The van der Waals surface area contributed by atoms with Crippen LogP contribution >= 0.6 is 22.9 Å². The number of aromatic nitrogens is 2. The van der Waals surface area contributed by atoms with Crippen LogP contribution < -0.4 is 15.6 Å². The van der Waals surface area contributed by atoms with Gasteiger partial charge in [0.25, 0.3) is 5.56 Å². The van der Waals surface area contributed by atoms with Gasteiger partial charge >= 0.3 is 0 Å². The fourth-order valence-corrected chi connectivity index (χ4v) is 3.79. The third-order valence-electron chi connectivity index (χ3n) is 4.03. The normalized spacial score (nSPS) is 10.9. The highest BCUT2D eigenvalue weighted by atomic mass is 35.5. The molecule has 0 bridgehead atoms. The third-order valence-corrected chi connectivity index (χ3v) is 5.29. The van der Waals surface area contributed by atoms with Crippen LogP contribution in [0.15, 0.2) is 64.8 Å². The lowest BCUT2D eigenvalue weighted by molar-refractivity contribution is 0.484. The van der Waals surface area contributed by atoms with E-state index in [0.29, 0.717) is 33.7 Å². The minimum atomic E-state index is -0.0730. The molecule has 0 spiro atoms. The van der Waals surface area contributed by atoms with Crippen LogP contribution in [0.1, 0.15) is 11.4 Å². The van der Waals surface area contributed by atoms with E-state index in [1.165, 1.54) is 11.3 Å². The molecule has 1 N–H and O–H groups in total. The van der Waals surface area contributed by atoms with Crippen LogP contribution in [-0.4, -0.2) is 9.38 Å². The largest absolute Gasteiger partial charge is 0.454 e. The molecule has 0 amide bonds. The Kier molecular flexibility index (Phi) is 4.83. The number of anilines is 1. The van der Waals surface area contributed by atoms with Crippen LogP contribution in [0, 0.1) is 6.92 Å². The van der Waals surface area contributed by atoms with E-state index in [1.807, 2.05) is 54.8 Å². The predicted octanol–water partition coefficient (Wildman–Crippen LogP) is 5.12. The van der Waals surface area contributed by atoms with E-state index in [-0.39, 0.29) is 5.56 Å². The van der Waals surface area contributed by atoms with Gasteiger partial charge in [-0.3, -0.25) is 9.20 Å². The first-order chi connectivity index (χ1) is 13.1. The molecule has 4 aromatic rings. The third kappa shape index (κ3) is 3.67. The van der Waals surface area contributed by atoms with E-state index in [1.54, 1.807) is 16.5 Å². The number of ether oxygens (including phenoxy) is 1. The molecule has 4 rings (SSSR count). The van der Waals surface area contributed by atoms with E-state index in [2.05, 4.69) is 10.3 Å². The van der Waals surface area contributed by atoms with Crippen LogP contribution in [0.25, 0.3) is 4.96 Å². The zero-order chi connectivity index (χ0) is 18.8. The van der Waals surface area contributed by atoms with Gasteiger partial charge in [0.1, 0.15) is 5.75 Å². The van der Waals surface area contributed by atoms with Crippen molar-refractivity contribution in [2.75, 3.05) is 5.32 Å². The predicted molar refractivity (Wildman–Crippen MR) is 109 cm³/mol. The fourth-order valence-electron chi connectivity index (χ4n) is 2.72. The molecule has 2 aromatic heterocycles. The maximum absolute atomic E-state index is 12.3. The Morgan fingerprint density at radius 1 is 1.15 bits per heavy atom. The molecule has 0 radical (unpaired) electrons. The molecule has 0 atom stereocenters. The maximum atomic E-state index is 12.3. The first-order valence-corrected chi connectivity index (χ1v) is 9.59. The number of hydrogen-bond donors (Lipinski definition) is 1. The Bertz CT molecular complexity index is 1170. The number of benzene rings is 2. The highest BCUT2D eigenvalue weighted by Crippen LogP contribution is 2.33. The molecule has 0 aliphatic rings. The molecular formula is C20H16ClN3O2S. The van der Waals surface area contributed by atoms with Gasteiger partial charge in [-0.15, -0.1) is 11.3 Å². The lowest BCUT2D eigenvalue weighted by atomic mass is 10.2. The standard InChI is InChI=1S/C20H16ClN3O2S/c1-13-12-27-20-23-14(10-19(25)24(13)20)11-22-16-7-3-5-9-18(16)26-17-8-4-2-6-15(17)21/h2-10,12,22H,11H2,1H3. The lowest BCUT2D eigenvalue weighted by Crippen LogP contribution is -2.16. The van der Waals surface area contributed by atoms with E-state index in [0.717, 1.165) is 11.4 Å². The molecular weight excluding hydrogens is 382 g/mol. The SMILES string of the molecule is Cc1csc2nc(CNc3ccccc3Oc3ccccc3Cl)cc(=O)n12. The molecule has 0 unspecified atom stereocenters. The number of para-hydroxylation sites is 3. The number of rotatable bonds is 5. The summed E-state index contributed by atoms with van der Waals surface area (Å²) in [4.78, 5) is 17.5. The van der Waals surface area contributed by atoms with Gasteiger partial charge in [0.2, 0.25) is 0 Å². The Morgan fingerprint density at radius 3 is 2.70 bits per heavy atom. The highest BCUT2D eigenvalue weighted by molar-refractivity contribution is 7.15. The molecule has 0 aliphatic heterocycles. The van der Waals surface area contributed by atoms with Gasteiger partial charge in [-0.2, -0.15) is 0 Å². The Morgan fingerprint density at radius 2 is 1.89 bits per heavy atom. The molecule has 5 nitrogen and oxygen atoms in total. The molecule has 0 saturated heterocycles. The smallest absolute Gasteiger partial charge is 0.259 e. The monoisotopic (exact) mass is 397 g/mol. The summed E-state index contributed by atoms with van der Waals surface area (Å²) in [5.41, 5.74) is 2.29. The average Bonchev–Trinajstić information content (AvgIpc) is 3.04. The molecule has 7 heteroatoms. The first-order valence-electron chi connectivity index (χ1n) is 8.34. The minimum absolute atomic E-state index is 0.0730. The van der Waals surface area contributed by atoms with E-state index in [9.17, 15) is 4.79 Å². The minimum Gasteiger partial charge on any atom is -0.454 e. The second-order valence-corrected chi connectivity index (χ2v) is 7.21. The Hall–Kier alpha value is -2.83. The average molecular weight is 398 g/mol. The van der Waals surface area contributed by atoms with Gasteiger partial charge in [0.05, 0.1) is 22.9 Å². The lowest BCUT2D eigenvalue weighted by Gasteiger charge is -2.13. The Balaban J connectivity index is 1.57. The molecule has 2 aromatic carbocycles. The topological polar surface area (TPSA) is 55.6 Å². The maximum Gasteiger partial charge on any atom is 0.259 e. The van der Waals surface area contributed by atoms with Crippen molar-refractivity contribution in [2.24, 2.45) is 0 Å². The van der Waals surface area contributed by atoms with Gasteiger partial charge < -0.3 is 10.1 Å². The van der Waals surface area contributed by atoms with Crippen LogP contribution in [0.3, 0.4) is 0 Å². The number of aryl methyl sites for hydroxylation is 1. The summed E-state index contributed by atoms with van der Waals surface area (Å²) in [6.45, 7) is 2.30.